The topological polar surface area (TPSA) is 125 Å². The summed E-state index contributed by atoms with van der Waals surface area (Å²) in [7, 11) is 1.48. The fourth-order valence-corrected chi connectivity index (χ4v) is 7.51. The molecule has 1 aromatic carbocycles. The van der Waals surface area contributed by atoms with Gasteiger partial charge in [0.2, 0.25) is 11.8 Å². The third kappa shape index (κ3) is 8.25. The fraction of sp³-hybridized carbons (Fsp3) is 0.656. The molecule has 0 saturated heterocycles. The highest BCUT2D eigenvalue weighted by molar-refractivity contribution is 14.1. The summed E-state index contributed by atoms with van der Waals surface area (Å²) in [5.74, 6) is 0.948. The van der Waals surface area contributed by atoms with Crippen molar-refractivity contribution in [3.05, 3.63) is 32.9 Å². The van der Waals surface area contributed by atoms with Crippen molar-refractivity contribution < 1.29 is 34.1 Å². The average Bonchev–Trinajstić information content (AvgIpc) is 3.38. The van der Waals surface area contributed by atoms with E-state index in [2.05, 4.69) is 27.9 Å². The van der Waals surface area contributed by atoms with Crippen LogP contribution in [0, 0.1) is 9.49 Å². The number of aliphatic hydroxyl groups is 2. The van der Waals surface area contributed by atoms with Crippen molar-refractivity contribution in [1.82, 2.24) is 10.2 Å². The Hall–Kier alpha value is -2.18. The lowest BCUT2D eigenvalue weighted by Gasteiger charge is -2.44. The van der Waals surface area contributed by atoms with Gasteiger partial charge in [-0.2, -0.15) is 0 Å². The molecule has 2 saturated carbocycles. The van der Waals surface area contributed by atoms with E-state index in [1.54, 1.807) is 18.2 Å². The Bertz CT molecular complexity index is 1110. The zero-order valence-electron chi connectivity index (χ0n) is 24.6. The Morgan fingerprint density at radius 2 is 1.79 bits per heavy atom. The number of ether oxygens (including phenoxy) is 2. The molecule has 2 fully saturated rings. The molecule has 1 aromatic rings. The van der Waals surface area contributed by atoms with E-state index < -0.39 is 18.2 Å². The van der Waals surface area contributed by atoms with Crippen molar-refractivity contribution in [3.8, 4) is 11.5 Å². The third-order valence-electron chi connectivity index (χ3n) is 8.96. The van der Waals surface area contributed by atoms with Gasteiger partial charge in [0.25, 0.3) is 0 Å². The van der Waals surface area contributed by atoms with Gasteiger partial charge in [-0.3, -0.25) is 14.4 Å². The van der Waals surface area contributed by atoms with Gasteiger partial charge < -0.3 is 29.9 Å². The molecule has 3 atom stereocenters. The zero-order valence-corrected chi connectivity index (χ0v) is 26.7. The number of carbonyl (C=O) groups is 3. The molecule has 9 nitrogen and oxygen atoms in total. The number of benzene rings is 1. The molecule has 2 amide bonds. The fourth-order valence-electron chi connectivity index (χ4n) is 6.76. The number of hydrogen-bond acceptors (Lipinski definition) is 7. The Kier molecular flexibility index (Phi) is 12.5. The predicted molar refractivity (Wildman–Crippen MR) is 168 cm³/mol. The summed E-state index contributed by atoms with van der Waals surface area (Å²) in [6.07, 6.45) is 12.6. The second-order valence-corrected chi connectivity index (χ2v) is 13.0. The standard InChI is InChI=1S/C32H45IN2O7/c1-41-28-17-22(20-37)16-25(33)31(28)42-27-19-23(32(40)34-14-15-36)18-26(30(27)39)35(24-10-4-2-3-5-11-24)29(38)13-12-21-8-6-7-9-21/h16-17,19-21,24,26-27,30,36,39H,2-15,18H2,1H3,(H,34,40). The van der Waals surface area contributed by atoms with E-state index in [4.69, 9.17) is 9.47 Å². The molecule has 0 radical (unpaired) electrons. The van der Waals surface area contributed by atoms with Crippen LogP contribution in [0.4, 0.5) is 0 Å². The van der Waals surface area contributed by atoms with Gasteiger partial charge in [0, 0.05) is 36.6 Å². The highest BCUT2D eigenvalue weighted by Crippen LogP contribution is 2.38. The number of nitrogens with zero attached hydrogens (tertiary/aromatic N) is 1. The third-order valence-corrected chi connectivity index (χ3v) is 9.76. The number of rotatable bonds is 12. The van der Waals surface area contributed by atoms with Gasteiger partial charge in [-0.1, -0.05) is 51.4 Å². The van der Waals surface area contributed by atoms with Crippen LogP contribution in [0.3, 0.4) is 0 Å². The largest absolute Gasteiger partial charge is 0.493 e. The molecule has 0 bridgehead atoms. The van der Waals surface area contributed by atoms with E-state index in [0.29, 0.717) is 38.5 Å². The quantitative estimate of drug-likeness (QED) is 0.167. The summed E-state index contributed by atoms with van der Waals surface area (Å²) in [6, 6.07) is 2.58. The van der Waals surface area contributed by atoms with Crippen LogP contribution >= 0.6 is 22.6 Å². The number of halogens is 1. The number of hydrogen-bond donors (Lipinski definition) is 3. The van der Waals surface area contributed by atoms with Crippen molar-refractivity contribution in [1.29, 1.82) is 0 Å². The van der Waals surface area contributed by atoms with Crippen molar-refractivity contribution in [2.24, 2.45) is 5.92 Å². The van der Waals surface area contributed by atoms with Crippen LogP contribution in [-0.4, -0.2) is 77.8 Å². The number of carbonyl (C=O) groups excluding carboxylic acids is 3. The second-order valence-electron chi connectivity index (χ2n) is 11.8. The minimum Gasteiger partial charge on any atom is -0.493 e. The Morgan fingerprint density at radius 1 is 1.10 bits per heavy atom. The van der Waals surface area contributed by atoms with E-state index in [1.165, 1.54) is 32.8 Å². The molecule has 0 aromatic heterocycles. The number of aliphatic hydroxyl groups excluding tert-OH is 2. The molecule has 3 unspecified atom stereocenters. The number of nitrogens with one attached hydrogen (secondary N) is 1. The maximum absolute atomic E-state index is 14.1. The van der Waals surface area contributed by atoms with Crippen LogP contribution in [0.15, 0.2) is 23.8 Å². The molecule has 0 aliphatic heterocycles. The molecule has 42 heavy (non-hydrogen) atoms. The summed E-state index contributed by atoms with van der Waals surface area (Å²) in [5, 5.41) is 23.9. The molecular formula is C32H45IN2O7. The Labute approximate surface area is 262 Å². The maximum Gasteiger partial charge on any atom is 0.247 e. The number of aldehydes is 1. The Balaban J connectivity index is 1.68. The molecular weight excluding hydrogens is 651 g/mol. The average molecular weight is 697 g/mol. The lowest BCUT2D eigenvalue weighted by molar-refractivity contribution is -0.143. The van der Waals surface area contributed by atoms with Gasteiger partial charge in [-0.25, -0.2) is 0 Å². The second kappa shape index (κ2) is 16.0. The van der Waals surface area contributed by atoms with Crippen molar-refractivity contribution in [3.63, 3.8) is 0 Å². The molecule has 10 heteroatoms. The van der Waals surface area contributed by atoms with Gasteiger partial charge in [0.05, 0.1) is 23.3 Å². The van der Waals surface area contributed by atoms with Crippen molar-refractivity contribution in [2.45, 2.75) is 108 Å². The van der Waals surface area contributed by atoms with Crippen LogP contribution in [0.1, 0.15) is 93.8 Å². The van der Waals surface area contributed by atoms with Gasteiger partial charge in [-0.05, 0) is 66.0 Å². The van der Waals surface area contributed by atoms with E-state index in [1.807, 2.05) is 4.90 Å². The normalized spacial score (nSPS) is 23.5. The molecule has 0 spiro atoms. The summed E-state index contributed by atoms with van der Waals surface area (Å²) in [5.41, 5.74) is 0.835. The summed E-state index contributed by atoms with van der Waals surface area (Å²) in [6.45, 7) is -0.0994. The van der Waals surface area contributed by atoms with Crippen LogP contribution in [0.5, 0.6) is 11.5 Å². The smallest absolute Gasteiger partial charge is 0.247 e. The first-order chi connectivity index (χ1) is 20.4. The van der Waals surface area contributed by atoms with Crippen LogP contribution < -0.4 is 14.8 Å². The summed E-state index contributed by atoms with van der Waals surface area (Å²) in [4.78, 5) is 40.6. The monoisotopic (exact) mass is 696 g/mol. The van der Waals surface area contributed by atoms with E-state index in [-0.39, 0.29) is 37.4 Å². The number of methoxy groups -OCH3 is 1. The minimum atomic E-state index is -1.09. The summed E-state index contributed by atoms with van der Waals surface area (Å²) < 4.78 is 12.5. The van der Waals surface area contributed by atoms with E-state index >= 15 is 0 Å². The zero-order chi connectivity index (χ0) is 30.1. The molecule has 3 N–H and O–H groups in total. The molecule has 4 rings (SSSR count). The molecule has 232 valence electrons. The lowest BCUT2D eigenvalue weighted by Crippen LogP contribution is -2.58. The predicted octanol–water partition coefficient (Wildman–Crippen LogP) is 4.55. The van der Waals surface area contributed by atoms with Gasteiger partial charge in [0.15, 0.2) is 11.5 Å². The van der Waals surface area contributed by atoms with Gasteiger partial charge in [0.1, 0.15) is 18.5 Å². The molecule has 3 aliphatic carbocycles. The first kappa shape index (κ1) is 32.7. The SMILES string of the molecule is COc1cc(C=O)cc(I)c1OC1C=C(C(=O)NCCO)CC(N(C(=O)CCC2CCCC2)C2CCCCCC2)C1O. The van der Waals surface area contributed by atoms with E-state index in [9.17, 15) is 24.6 Å². The lowest BCUT2D eigenvalue weighted by atomic mass is 9.86. The highest BCUT2D eigenvalue weighted by Gasteiger charge is 2.43. The number of amides is 2. The maximum atomic E-state index is 14.1. The molecule has 0 heterocycles. The highest BCUT2D eigenvalue weighted by atomic mass is 127. The first-order valence-electron chi connectivity index (χ1n) is 15.4. The van der Waals surface area contributed by atoms with Gasteiger partial charge >= 0.3 is 0 Å². The first-order valence-corrected chi connectivity index (χ1v) is 16.5. The van der Waals surface area contributed by atoms with Crippen molar-refractivity contribution in [2.75, 3.05) is 20.3 Å². The van der Waals surface area contributed by atoms with Crippen LogP contribution in [0.25, 0.3) is 0 Å². The molecule has 3 aliphatic rings. The van der Waals surface area contributed by atoms with Crippen LogP contribution in [-0.2, 0) is 9.59 Å². The summed E-state index contributed by atoms with van der Waals surface area (Å²) >= 11 is 2.06. The van der Waals surface area contributed by atoms with Crippen LogP contribution in [0.2, 0.25) is 0 Å². The van der Waals surface area contributed by atoms with E-state index in [0.717, 1.165) is 51.2 Å². The van der Waals surface area contributed by atoms with Gasteiger partial charge in [-0.15, -0.1) is 0 Å². The van der Waals surface area contributed by atoms with Crippen molar-refractivity contribution >= 4 is 40.7 Å². The minimum absolute atomic E-state index is 0.00900. The Morgan fingerprint density at radius 3 is 2.43 bits per heavy atom.